The molecule has 1 saturated carbocycles. The van der Waals surface area contributed by atoms with Crippen LogP contribution in [0.15, 0.2) is 24.3 Å². The van der Waals surface area contributed by atoms with Crippen LogP contribution in [0.1, 0.15) is 18.5 Å². The number of piperidine rings is 1. The van der Waals surface area contributed by atoms with Crippen molar-refractivity contribution in [3.63, 3.8) is 0 Å². The predicted molar refractivity (Wildman–Crippen MR) is 63.4 cm³/mol. The molecule has 4 rings (SSSR count). The second-order valence-electron chi connectivity index (χ2n) is 5.13. The Balaban J connectivity index is 1.88. The first kappa shape index (κ1) is 8.76. The van der Waals surface area contributed by atoms with E-state index in [-0.39, 0.29) is 0 Å². The maximum absolute atomic E-state index is 4.42. The molecule has 2 aromatic rings. The van der Waals surface area contributed by atoms with E-state index in [1.54, 1.807) is 0 Å². The van der Waals surface area contributed by atoms with Gasteiger partial charge in [-0.2, -0.15) is 5.10 Å². The van der Waals surface area contributed by atoms with Crippen LogP contribution in [0.3, 0.4) is 0 Å². The van der Waals surface area contributed by atoms with Gasteiger partial charge in [-0.1, -0.05) is 18.2 Å². The number of aromatic nitrogens is 2. The molecule has 0 radical (unpaired) electrons. The van der Waals surface area contributed by atoms with Gasteiger partial charge < -0.3 is 5.32 Å². The number of hydrogen-bond donors (Lipinski definition) is 2. The smallest absolute Gasteiger partial charge is 0.0923 e. The van der Waals surface area contributed by atoms with Gasteiger partial charge in [0, 0.05) is 16.5 Å². The first-order valence-corrected chi connectivity index (χ1v) is 6.04. The van der Waals surface area contributed by atoms with Gasteiger partial charge in [-0.3, -0.25) is 5.10 Å². The zero-order valence-electron chi connectivity index (χ0n) is 9.16. The fourth-order valence-corrected chi connectivity index (χ4v) is 3.31. The number of nitrogens with zero attached hydrogens (tertiary/aromatic N) is 1. The number of benzene rings is 1. The molecule has 16 heavy (non-hydrogen) atoms. The van der Waals surface area contributed by atoms with Crippen LogP contribution in [0, 0.1) is 5.92 Å². The summed E-state index contributed by atoms with van der Waals surface area (Å²) >= 11 is 0. The molecule has 1 aliphatic heterocycles. The van der Waals surface area contributed by atoms with E-state index in [1.165, 1.54) is 30.5 Å². The normalized spacial score (nSPS) is 32.6. The average molecular weight is 213 g/mol. The average Bonchev–Trinajstić information content (AvgIpc) is 2.92. The summed E-state index contributed by atoms with van der Waals surface area (Å²) in [6.07, 6.45) is 2.58. The molecule has 3 heteroatoms. The molecular weight excluding hydrogens is 198 g/mol. The Bertz CT molecular complexity index is 545. The first-order chi connectivity index (χ1) is 7.90. The van der Waals surface area contributed by atoms with Crippen molar-refractivity contribution in [2.24, 2.45) is 5.92 Å². The van der Waals surface area contributed by atoms with Crippen LogP contribution in [-0.2, 0) is 5.41 Å². The van der Waals surface area contributed by atoms with E-state index in [4.69, 9.17) is 0 Å². The maximum atomic E-state index is 4.42. The minimum atomic E-state index is 0.418. The van der Waals surface area contributed by atoms with Crippen LogP contribution in [0.25, 0.3) is 10.9 Å². The first-order valence-electron chi connectivity index (χ1n) is 6.04. The Morgan fingerprint density at radius 2 is 2.25 bits per heavy atom. The Morgan fingerprint density at radius 1 is 1.31 bits per heavy atom. The van der Waals surface area contributed by atoms with Crippen LogP contribution in [-0.4, -0.2) is 23.3 Å². The van der Waals surface area contributed by atoms with E-state index in [0.717, 1.165) is 18.0 Å². The molecule has 2 N–H and O–H groups in total. The molecule has 0 amide bonds. The molecule has 2 atom stereocenters. The van der Waals surface area contributed by atoms with Gasteiger partial charge >= 0.3 is 0 Å². The number of fused-ring (bicyclic) bond motifs is 2. The van der Waals surface area contributed by atoms with Crippen LogP contribution < -0.4 is 5.32 Å². The highest BCUT2D eigenvalue weighted by atomic mass is 15.1. The van der Waals surface area contributed by atoms with E-state index >= 15 is 0 Å². The Morgan fingerprint density at radius 3 is 3.19 bits per heavy atom. The second kappa shape index (κ2) is 2.86. The summed E-state index contributed by atoms with van der Waals surface area (Å²) in [7, 11) is 0. The summed E-state index contributed by atoms with van der Waals surface area (Å²) in [5.41, 5.74) is 2.91. The van der Waals surface area contributed by atoms with E-state index < -0.39 is 0 Å². The monoisotopic (exact) mass is 213 g/mol. The standard InChI is InChI=1S/C13H15N3/c1-2-4-11-10(3-1)12(16-15-11)13-5-6-14-8-9(13)7-13/h1-4,9,14H,5-8H2,(H,15,16). The van der Waals surface area contributed by atoms with E-state index in [1.807, 2.05) is 0 Å². The molecule has 1 saturated heterocycles. The summed E-state index contributed by atoms with van der Waals surface area (Å²) in [5, 5.41) is 12.5. The summed E-state index contributed by atoms with van der Waals surface area (Å²) in [5.74, 6) is 0.824. The topological polar surface area (TPSA) is 40.7 Å². The lowest BCUT2D eigenvalue weighted by atomic mass is 9.90. The number of H-pyrrole nitrogens is 1. The lowest BCUT2D eigenvalue weighted by Crippen LogP contribution is -2.31. The Labute approximate surface area is 94.2 Å². The number of rotatable bonds is 1. The molecule has 2 aliphatic rings. The molecule has 82 valence electrons. The van der Waals surface area contributed by atoms with Gasteiger partial charge in [-0.15, -0.1) is 0 Å². The zero-order valence-corrected chi connectivity index (χ0v) is 9.16. The SMILES string of the molecule is c1ccc2c(C34CCNCC3C4)[nH]nc2c1. The lowest BCUT2D eigenvalue weighted by molar-refractivity contribution is 0.439. The molecule has 1 aliphatic carbocycles. The molecule has 3 nitrogen and oxygen atoms in total. The summed E-state index contributed by atoms with van der Waals surface area (Å²) < 4.78 is 0. The van der Waals surface area contributed by atoms with E-state index in [9.17, 15) is 0 Å². The molecule has 0 bridgehead atoms. The van der Waals surface area contributed by atoms with Crippen LogP contribution in [0.2, 0.25) is 0 Å². The second-order valence-corrected chi connectivity index (χ2v) is 5.13. The van der Waals surface area contributed by atoms with Gasteiger partial charge in [-0.25, -0.2) is 0 Å². The Kier molecular flexibility index (Phi) is 1.56. The van der Waals surface area contributed by atoms with E-state index in [2.05, 4.69) is 39.8 Å². The van der Waals surface area contributed by atoms with Gasteiger partial charge in [0.15, 0.2) is 0 Å². The number of hydrogen-bond acceptors (Lipinski definition) is 2. The highest BCUT2D eigenvalue weighted by Gasteiger charge is 2.57. The van der Waals surface area contributed by atoms with Gasteiger partial charge in [0.2, 0.25) is 0 Å². The van der Waals surface area contributed by atoms with Crippen molar-refractivity contribution in [1.29, 1.82) is 0 Å². The van der Waals surface area contributed by atoms with Gasteiger partial charge in [0.25, 0.3) is 0 Å². The fourth-order valence-electron chi connectivity index (χ4n) is 3.31. The molecule has 1 aromatic carbocycles. The molecular formula is C13H15N3. The van der Waals surface area contributed by atoms with Gasteiger partial charge in [0.1, 0.15) is 0 Å². The zero-order chi connectivity index (χ0) is 10.6. The molecule has 2 unspecified atom stereocenters. The van der Waals surface area contributed by atoms with Crippen LogP contribution in [0.4, 0.5) is 0 Å². The number of para-hydroxylation sites is 1. The summed E-state index contributed by atoms with van der Waals surface area (Å²) in [6.45, 7) is 2.32. The predicted octanol–water partition coefficient (Wildman–Crippen LogP) is 1.81. The Hall–Kier alpha value is -1.35. The molecule has 2 fully saturated rings. The third-order valence-corrected chi connectivity index (χ3v) is 4.33. The van der Waals surface area contributed by atoms with Gasteiger partial charge in [0.05, 0.1) is 5.52 Å². The highest BCUT2D eigenvalue weighted by molar-refractivity contribution is 5.82. The minimum absolute atomic E-state index is 0.418. The third kappa shape index (κ3) is 0.990. The molecule has 0 spiro atoms. The van der Waals surface area contributed by atoms with Crippen molar-refractivity contribution in [3.05, 3.63) is 30.0 Å². The van der Waals surface area contributed by atoms with Crippen molar-refractivity contribution in [3.8, 4) is 0 Å². The number of aromatic amines is 1. The van der Waals surface area contributed by atoms with Crippen molar-refractivity contribution in [2.75, 3.05) is 13.1 Å². The highest BCUT2D eigenvalue weighted by Crippen LogP contribution is 2.58. The maximum Gasteiger partial charge on any atom is 0.0923 e. The summed E-state index contributed by atoms with van der Waals surface area (Å²) in [6, 6.07) is 8.44. The van der Waals surface area contributed by atoms with Crippen molar-refractivity contribution < 1.29 is 0 Å². The van der Waals surface area contributed by atoms with Crippen molar-refractivity contribution in [2.45, 2.75) is 18.3 Å². The van der Waals surface area contributed by atoms with Crippen molar-refractivity contribution in [1.82, 2.24) is 15.5 Å². The lowest BCUT2D eigenvalue weighted by Gasteiger charge is -2.21. The van der Waals surface area contributed by atoms with Gasteiger partial charge in [-0.05, 0) is 37.9 Å². The van der Waals surface area contributed by atoms with E-state index in [0.29, 0.717) is 5.41 Å². The van der Waals surface area contributed by atoms with Crippen LogP contribution in [0.5, 0.6) is 0 Å². The molecule has 1 aromatic heterocycles. The summed E-state index contributed by atoms with van der Waals surface area (Å²) in [4.78, 5) is 0. The minimum Gasteiger partial charge on any atom is -0.316 e. The largest absolute Gasteiger partial charge is 0.316 e. The number of nitrogens with one attached hydrogen (secondary N) is 2. The van der Waals surface area contributed by atoms with Crippen LogP contribution >= 0.6 is 0 Å². The quantitative estimate of drug-likeness (QED) is 0.758. The molecule has 2 heterocycles. The van der Waals surface area contributed by atoms with Crippen molar-refractivity contribution >= 4 is 10.9 Å². The fraction of sp³-hybridized carbons (Fsp3) is 0.462. The third-order valence-electron chi connectivity index (χ3n) is 4.33.